The molecule has 0 spiro atoms. The molecule has 0 saturated heterocycles. The van der Waals surface area contributed by atoms with Gasteiger partial charge in [0.1, 0.15) is 6.54 Å². The van der Waals surface area contributed by atoms with Crippen LogP contribution in [0.3, 0.4) is 0 Å². The number of benzene rings is 2. The first kappa shape index (κ1) is 21.2. The number of nitrogens with one attached hydrogen (secondary N) is 2. The van der Waals surface area contributed by atoms with Crippen molar-refractivity contribution in [1.29, 1.82) is 0 Å². The second-order valence-electron chi connectivity index (χ2n) is 7.06. The van der Waals surface area contributed by atoms with E-state index in [0.717, 1.165) is 11.1 Å². The molecule has 0 bridgehead atoms. The molecule has 148 valence electrons. The Balaban J connectivity index is 1.91. The molecule has 2 aromatic carbocycles. The van der Waals surface area contributed by atoms with Crippen molar-refractivity contribution in [2.45, 2.75) is 32.6 Å². The highest BCUT2D eigenvalue weighted by Gasteiger charge is 2.19. The lowest BCUT2D eigenvalue weighted by Gasteiger charge is -2.21. The Morgan fingerprint density at radius 1 is 0.929 bits per heavy atom. The van der Waals surface area contributed by atoms with Crippen LogP contribution in [-0.4, -0.2) is 29.4 Å². The zero-order chi connectivity index (χ0) is 20.5. The van der Waals surface area contributed by atoms with Gasteiger partial charge in [-0.1, -0.05) is 56.3 Å². The van der Waals surface area contributed by atoms with E-state index < -0.39 is 12.5 Å². The first-order valence-electron chi connectivity index (χ1n) is 9.27. The molecule has 0 saturated carbocycles. The van der Waals surface area contributed by atoms with Crippen molar-refractivity contribution in [2.75, 3.05) is 11.9 Å². The van der Waals surface area contributed by atoms with Gasteiger partial charge in [0, 0.05) is 12.1 Å². The van der Waals surface area contributed by atoms with Crippen LogP contribution in [0, 0.1) is 5.92 Å². The fraction of sp³-hybridized carbons (Fsp3) is 0.318. The Morgan fingerprint density at radius 3 is 2.14 bits per heavy atom. The summed E-state index contributed by atoms with van der Waals surface area (Å²) in [6.45, 7) is 3.82. The van der Waals surface area contributed by atoms with Gasteiger partial charge in [-0.25, -0.2) is 0 Å². The van der Waals surface area contributed by atoms with Crippen LogP contribution in [0.4, 0.5) is 5.69 Å². The minimum absolute atomic E-state index is 0.0606. The van der Waals surface area contributed by atoms with E-state index in [1.165, 1.54) is 0 Å². The van der Waals surface area contributed by atoms with E-state index in [-0.39, 0.29) is 24.2 Å². The quantitative estimate of drug-likeness (QED) is 0.621. The van der Waals surface area contributed by atoms with Crippen LogP contribution in [-0.2, 0) is 20.8 Å². The highest BCUT2D eigenvalue weighted by atomic mass is 16.4. The molecule has 0 fully saturated rings. The minimum Gasteiger partial charge on any atom is -0.480 e. The highest BCUT2D eigenvalue weighted by Crippen LogP contribution is 2.28. The van der Waals surface area contributed by atoms with Crippen LogP contribution in [0.1, 0.15) is 37.3 Å². The summed E-state index contributed by atoms with van der Waals surface area (Å²) in [6.07, 6.45) is 0.478. The molecule has 0 heterocycles. The predicted octanol–water partition coefficient (Wildman–Crippen LogP) is 3.20. The van der Waals surface area contributed by atoms with E-state index in [1.54, 1.807) is 24.3 Å². The van der Waals surface area contributed by atoms with Crippen LogP contribution < -0.4 is 10.6 Å². The first-order chi connectivity index (χ1) is 13.3. The monoisotopic (exact) mass is 382 g/mol. The third-order valence-electron chi connectivity index (χ3n) is 4.48. The van der Waals surface area contributed by atoms with Crippen molar-refractivity contribution in [3.63, 3.8) is 0 Å². The zero-order valence-corrected chi connectivity index (χ0v) is 16.1. The highest BCUT2D eigenvalue weighted by molar-refractivity contribution is 5.91. The van der Waals surface area contributed by atoms with Crippen molar-refractivity contribution in [1.82, 2.24) is 5.32 Å². The summed E-state index contributed by atoms with van der Waals surface area (Å²) in [6, 6.07) is 17.0. The summed E-state index contributed by atoms with van der Waals surface area (Å²) in [5, 5.41) is 13.8. The van der Waals surface area contributed by atoms with Gasteiger partial charge in [0.2, 0.25) is 11.8 Å². The third kappa shape index (κ3) is 6.87. The maximum absolute atomic E-state index is 12.5. The molecular formula is C22H26N2O4. The van der Waals surface area contributed by atoms with Crippen molar-refractivity contribution >= 4 is 23.5 Å². The Hall–Kier alpha value is -3.15. The van der Waals surface area contributed by atoms with Gasteiger partial charge in [0.05, 0.1) is 6.42 Å². The Bertz CT molecular complexity index is 801. The number of rotatable bonds is 9. The molecule has 28 heavy (non-hydrogen) atoms. The molecule has 6 nitrogen and oxygen atoms in total. The van der Waals surface area contributed by atoms with E-state index in [2.05, 4.69) is 24.5 Å². The number of amides is 2. The van der Waals surface area contributed by atoms with Gasteiger partial charge in [0.25, 0.3) is 0 Å². The number of hydrogen-bond acceptors (Lipinski definition) is 3. The number of aliphatic carboxylic acids is 1. The van der Waals surface area contributed by atoms with Gasteiger partial charge in [-0.15, -0.1) is 0 Å². The molecule has 0 aliphatic heterocycles. The topological polar surface area (TPSA) is 95.5 Å². The number of carbonyl (C=O) groups is 3. The lowest BCUT2D eigenvalue weighted by molar-refractivity contribution is -0.137. The summed E-state index contributed by atoms with van der Waals surface area (Å²) < 4.78 is 0. The van der Waals surface area contributed by atoms with Gasteiger partial charge in [-0.05, 0) is 35.1 Å². The fourth-order valence-electron chi connectivity index (χ4n) is 2.98. The lowest BCUT2D eigenvalue weighted by Crippen LogP contribution is -2.30. The number of hydrogen-bond donors (Lipinski definition) is 3. The maximum atomic E-state index is 12.5. The van der Waals surface area contributed by atoms with Gasteiger partial charge >= 0.3 is 5.97 Å². The van der Waals surface area contributed by atoms with Crippen LogP contribution in [0.25, 0.3) is 0 Å². The molecule has 1 atom stereocenters. The first-order valence-corrected chi connectivity index (χ1v) is 9.27. The van der Waals surface area contributed by atoms with E-state index in [0.29, 0.717) is 18.0 Å². The fourth-order valence-corrected chi connectivity index (χ4v) is 2.98. The molecule has 0 aliphatic rings. The molecule has 1 unspecified atom stereocenters. The number of anilines is 1. The number of carbonyl (C=O) groups excluding carboxylic acids is 2. The van der Waals surface area contributed by atoms with Crippen LogP contribution >= 0.6 is 0 Å². The molecule has 0 aliphatic carbocycles. The Labute approximate surface area is 165 Å². The van der Waals surface area contributed by atoms with Crippen molar-refractivity contribution in [3.05, 3.63) is 65.7 Å². The third-order valence-corrected chi connectivity index (χ3v) is 4.48. The summed E-state index contributed by atoms with van der Waals surface area (Å²) >= 11 is 0. The number of carboxylic acid groups (broad SMARTS) is 1. The molecule has 2 amide bonds. The van der Waals surface area contributed by atoms with E-state index in [9.17, 15) is 14.4 Å². The molecule has 3 N–H and O–H groups in total. The Morgan fingerprint density at radius 2 is 1.57 bits per heavy atom. The van der Waals surface area contributed by atoms with Crippen LogP contribution in [0.15, 0.2) is 54.6 Å². The maximum Gasteiger partial charge on any atom is 0.322 e. The number of carboxylic acids is 1. The molecule has 0 aromatic heterocycles. The Kier molecular flexibility index (Phi) is 7.75. The van der Waals surface area contributed by atoms with Gasteiger partial charge in [0.15, 0.2) is 0 Å². The summed E-state index contributed by atoms with van der Waals surface area (Å²) in [4.78, 5) is 34.6. The van der Waals surface area contributed by atoms with Crippen molar-refractivity contribution in [2.24, 2.45) is 5.92 Å². The van der Waals surface area contributed by atoms with Crippen molar-refractivity contribution in [3.8, 4) is 0 Å². The average molecular weight is 382 g/mol. The van der Waals surface area contributed by atoms with Crippen LogP contribution in [0.5, 0.6) is 0 Å². The molecule has 2 rings (SSSR count). The molecule has 0 radical (unpaired) electrons. The molecule has 6 heteroatoms. The largest absolute Gasteiger partial charge is 0.480 e. The van der Waals surface area contributed by atoms with E-state index >= 15 is 0 Å². The van der Waals surface area contributed by atoms with Crippen LogP contribution in [0.2, 0.25) is 0 Å². The van der Waals surface area contributed by atoms with E-state index in [4.69, 9.17) is 5.11 Å². The SMILES string of the molecule is CC(C)C(CC(=O)Nc1ccc(CC(=O)NCC(=O)O)cc1)c1ccccc1. The summed E-state index contributed by atoms with van der Waals surface area (Å²) in [5.74, 6) is -1.03. The zero-order valence-electron chi connectivity index (χ0n) is 16.1. The standard InChI is InChI=1S/C22H26N2O4/c1-15(2)19(17-6-4-3-5-7-17)13-21(26)24-18-10-8-16(9-11-18)12-20(25)23-14-22(27)28/h3-11,15,19H,12-14H2,1-2H3,(H,23,25)(H,24,26)(H,27,28). The minimum atomic E-state index is -1.08. The predicted molar refractivity (Wildman–Crippen MR) is 108 cm³/mol. The second kappa shape index (κ2) is 10.3. The lowest BCUT2D eigenvalue weighted by atomic mass is 9.85. The van der Waals surface area contributed by atoms with Crippen molar-refractivity contribution < 1.29 is 19.5 Å². The second-order valence-corrected chi connectivity index (χ2v) is 7.06. The van der Waals surface area contributed by atoms with Gasteiger partial charge in [-0.2, -0.15) is 0 Å². The summed E-state index contributed by atoms with van der Waals surface area (Å²) in [5.41, 5.74) is 2.55. The van der Waals surface area contributed by atoms with Gasteiger partial charge in [-0.3, -0.25) is 14.4 Å². The molecule has 2 aromatic rings. The average Bonchev–Trinajstić information content (AvgIpc) is 2.66. The smallest absolute Gasteiger partial charge is 0.322 e. The normalized spacial score (nSPS) is 11.7. The van der Waals surface area contributed by atoms with E-state index in [1.807, 2.05) is 30.3 Å². The van der Waals surface area contributed by atoms with Gasteiger partial charge < -0.3 is 15.7 Å². The molecular weight excluding hydrogens is 356 g/mol. The summed E-state index contributed by atoms with van der Waals surface area (Å²) in [7, 11) is 0.